The third-order valence-corrected chi connectivity index (χ3v) is 1.92. The molecule has 156 valence electrons. The van der Waals surface area contributed by atoms with Crippen LogP contribution in [-0.4, -0.2) is 10.7 Å². The summed E-state index contributed by atoms with van der Waals surface area (Å²) in [5.74, 6) is 1.25. The van der Waals surface area contributed by atoms with E-state index in [2.05, 4.69) is 27.7 Å². The Morgan fingerprint density at radius 3 is 1.11 bits per heavy atom. The van der Waals surface area contributed by atoms with E-state index < -0.39 is 0 Å². The Kier molecular flexibility index (Phi) is 19.3. The number of phenols is 1. The van der Waals surface area contributed by atoms with E-state index in [0.717, 1.165) is 5.75 Å². The maximum atomic E-state index is 8.63. The Bertz CT molecular complexity index is 500. The number of aromatic hydroxyl groups is 1. The fraction of sp³-hybridized carbons (Fsp3) is 0.520. The Labute approximate surface area is 169 Å². The first-order valence-electron chi connectivity index (χ1n) is 9.95. The van der Waals surface area contributed by atoms with Crippen molar-refractivity contribution in [3.8, 4) is 11.5 Å². The van der Waals surface area contributed by atoms with Crippen LogP contribution in [0.5, 0.6) is 11.5 Å². The summed E-state index contributed by atoms with van der Waals surface area (Å²) in [7, 11) is 0. The van der Waals surface area contributed by atoms with Gasteiger partial charge in [0, 0.05) is 0 Å². The lowest BCUT2D eigenvalue weighted by molar-refractivity contribution is 0.131. The molecule has 2 aromatic rings. The van der Waals surface area contributed by atoms with Crippen molar-refractivity contribution in [3.05, 3.63) is 60.7 Å². The smallest absolute Gasteiger partial charge is 0.120 e. The van der Waals surface area contributed by atoms with E-state index in [1.807, 2.05) is 84.9 Å². The zero-order valence-electron chi connectivity index (χ0n) is 19.6. The zero-order chi connectivity index (χ0) is 21.9. The predicted octanol–water partition coefficient (Wildman–Crippen LogP) is 8.36. The SMILES string of the molecule is CC.CC.CC(C)(C)C.CC(C)(C)Oc1ccccc1.Oc1ccccc1. The molecule has 2 rings (SSSR count). The number of phenolic OH excluding ortho intramolecular Hbond substituents is 1. The topological polar surface area (TPSA) is 29.5 Å². The molecule has 2 aromatic carbocycles. The normalized spacial score (nSPS) is 9.44. The van der Waals surface area contributed by atoms with Crippen molar-refractivity contribution in [2.24, 2.45) is 5.41 Å². The minimum atomic E-state index is -0.0959. The van der Waals surface area contributed by atoms with Gasteiger partial charge >= 0.3 is 0 Å². The first-order chi connectivity index (χ1) is 12.5. The van der Waals surface area contributed by atoms with Crippen LogP contribution >= 0.6 is 0 Å². The molecule has 1 N–H and O–H groups in total. The second kappa shape index (κ2) is 17.5. The van der Waals surface area contributed by atoms with E-state index in [4.69, 9.17) is 9.84 Å². The van der Waals surface area contributed by atoms with Gasteiger partial charge < -0.3 is 9.84 Å². The van der Waals surface area contributed by atoms with E-state index in [0.29, 0.717) is 11.2 Å². The fourth-order valence-corrected chi connectivity index (χ4v) is 1.27. The predicted molar refractivity (Wildman–Crippen MR) is 123 cm³/mol. The molecular formula is C25H44O2. The van der Waals surface area contributed by atoms with Gasteiger partial charge in [-0.1, -0.05) is 91.8 Å². The molecule has 0 aromatic heterocycles. The summed E-state index contributed by atoms with van der Waals surface area (Å²) >= 11 is 0. The molecule has 0 heterocycles. The summed E-state index contributed by atoms with van der Waals surface area (Å²) < 4.78 is 5.60. The Hall–Kier alpha value is -1.96. The highest BCUT2D eigenvalue weighted by Crippen LogP contribution is 2.16. The van der Waals surface area contributed by atoms with Crippen LogP contribution < -0.4 is 4.74 Å². The number of ether oxygens (including phenoxy) is 1. The zero-order valence-corrected chi connectivity index (χ0v) is 19.6. The molecule has 0 spiro atoms. The number of benzene rings is 2. The standard InChI is InChI=1S/C10H14O.C6H6O.C5H12.2C2H6/c1-10(2,3)11-9-7-5-4-6-8-9;7-6-4-2-1-3-5-6;1-5(2,3)4;2*1-2/h4-8H,1-3H3;1-5,7H;1-4H3;2*1-2H3. The van der Waals surface area contributed by atoms with Gasteiger partial charge in [0.2, 0.25) is 0 Å². The van der Waals surface area contributed by atoms with Crippen LogP contribution in [0.25, 0.3) is 0 Å². The molecule has 0 aliphatic heterocycles. The summed E-state index contributed by atoms with van der Waals surface area (Å²) in [6, 6.07) is 18.6. The third-order valence-electron chi connectivity index (χ3n) is 1.92. The number of hydrogen-bond acceptors (Lipinski definition) is 2. The second-order valence-corrected chi connectivity index (χ2v) is 7.86. The van der Waals surface area contributed by atoms with Crippen molar-refractivity contribution in [1.29, 1.82) is 0 Å². The molecule has 2 heteroatoms. The summed E-state index contributed by atoms with van der Waals surface area (Å²) in [6.45, 7) is 22.9. The van der Waals surface area contributed by atoms with E-state index in [-0.39, 0.29) is 5.60 Å². The molecule has 0 unspecified atom stereocenters. The van der Waals surface area contributed by atoms with Crippen LogP contribution in [0.4, 0.5) is 0 Å². The monoisotopic (exact) mass is 376 g/mol. The average molecular weight is 377 g/mol. The molecule has 0 radical (unpaired) electrons. The molecular weight excluding hydrogens is 332 g/mol. The maximum absolute atomic E-state index is 8.63. The Balaban J connectivity index is -0.000000312. The third kappa shape index (κ3) is 32.2. The molecule has 0 amide bonds. The highest BCUT2D eigenvalue weighted by molar-refractivity contribution is 5.21. The maximum Gasteiger partial charge on any atom is 0.120 e. The van der Waals surface area contributed by atoms with E-state index >= 15 is 0 Å². The molecule has 0 atom stereocenters. The molecule has 0 bridgehead atoms. The van der Waals surface area contributed by atoms with Gasteiger partial charge in [0.1, 0.15) is 17.1 Å². The largest absolute Gasteiger partial charge is 0.508 e. The van der Waals surface area contributed by atoms with Crippen molar-refractivity contribution in [2.75, 3.05) is 0 Å². The highest BCUT2D eigenvalue weighted by atomic mass is 16.5. The molecule has 0 saturated carbocycles. The van der Waals surface area contributed by atoms with Gasteiger partial charge in [0.05, 0.1) is 0 Å². The van der Waals surface area contributed by atoms with Crippen molar-refractivity contribution in [2.45, 2.75) is 81.8 Å². The quantitative estimate of drug-likeness (QED) is 0.541. The summed E-state index contributed by atoms with van der Waals surface area (Å²) in [5.41, 5.74) is 0.404. The van der Waals surface area contributed by atoms with Crippen LogP contribution in [0.15, 0.2) is 60.7 Å². The van der Waals surface area contributed by atoms with Gasteiger partial charge in [-0.25, -0.2) is 0 Å². The minimum Gasteiger partial charge on any atom is -0.508 e. The summed E-state index contributed by atoms with van der Waals surface area (Å²) in [5, 5.41) is 8.63. The molecule has 0 fully saturated rings. The average Bonchev–Trinajstić information content (AvgIpc) is 2.58. The van der Waals surface area contributed by atoms with Crippen molar-refractivity contribution < 1.29 is 9.84 Å². The van der Waals surface area contributed by atoms with Crippen LogP contribution in [0.2, 0.25) is 0 Å². The Morgan fingerprint density at radius 2 is 0.889 bits per heavy atom. The van der Waals surface area contributed by atoms with Gasteiger partial charge in [-0.05, 0) is 50.5 Å². The molecule has 0 aliphatic rings. The van der Waals surface area contributed by atoms with Gasteiger partial charge in [0.25, 0.3) is 0 Å². The molecule has 2 nitrogen and oxygen atoms in total. The van der Waals surface area contributed by atoms with Crippen molar-refractivity contribution >= 4 is 0 Å². The lowest BCUT2D eigenvalue weighted by Gasteiger charge is -2.20. The van der Waals surface area contributed by atoms with E-state index in [9.17, 15) is 0 Å². The van der Waals surface area contributed by atoms with E-state index in [1.165, 1.54) is 0 Å². The van der Waals surface area contributed by atoms with E-state index in [1.54, 1.807) is 24.3 Å². The first-order valence-corrected chi connectivity index (χ1v) is 9.95. The first kappa shape index (κ1) is 29.8. The summed E-state index contributed by atoms with van der Waals surface area (Å²) in [4.78, 5) is 0. The van der Waals surface area contributed by atoms with Gasteiger partial charge in [-0.3, -0.25) is 0 Å². The van der Waals surface area contributed by atoms with Crippen LogP contribution in [0.1, 0.15) is 76.2 Å². The van der Waals surface area contributed by atoms with Gasteiger partial charge in [0.15, 0.2) is 0 Å². The van der Waals surface area contributed by atoms with Gasteiger partial charge in [-0.15, -0.1) is 0 Å². The van der Waals surface area contributed by atoms with Crippen LogP contribution in [0, 0.1) is 5.41 Å². The van der Waals surface area contributed by atoms with Crippen LogP contribution in [0.3, 0.4) is 0 Å². The second-order valence-electron chi connectivity index (χ2n) is 7.86. The summed E-state index contributed by atoms with van der Waals surface area (Å²) in [6.07, 6.45) is 0. The number of hydrogen-bond donors (Lipinski definition) is 1. The number of para-hydroxylation sites is 2. The van der Waals surface area contributed by atoms with Crippen molar-refractivity contribution in [3.63, 3.8) is 0 Å². The molecule has 0 aliphatic carbocycles. The molecule has 27 heavy (non-hydrogen) atoms. The van der Waals surface area contributed by atoms with Crippen LogP contribution in [-0.2, 0) is 0 Å². The number of rotatable bonds is 1. The Morgan fingerprint density at radius 1 is 0.593 bits per heavy atom. The highest BCUT2D eigenvalue weighted by Gasteiger charge is 2.10. The lowest BCUT2D eigenvalue weighted by atomic mass is 10.0. The van der Waals surface area contributed by atoms with Crippen molar-refractivity contribution in [1.82, 2.24) is 0 Å². The lowest BCUT2D eigenvalue weighted by Crippen LogP contribution is -2.22. The minimum absolute atomic E-state index is 0.0959. The van der Waals surface area contributed by atoms with Gasteiger partial charge in [-0.2, -0.15) is 0 Å². The fourth-order valence-electron chi connectivity index (χ4n) is 1.27. The molecule has 0 saturated heterocycles.